The number of aliphatic carboxylic acids is 1. The maximum Gasteiger partial charge on any atom is 0.304 e. The molecule has 0 saturated carbocycles. The molecule has 0 spiro atoms. The molecular formula is C14H24N2O4S. The van der Waals surface area contributed by atoms with Gasteiger partial charge in [-0.15, -0.1) is 0 Å². The molecule has 0 radical (unpaired) electrons. The number of hydrogen-bond donors (Lipinski definition) is 1. The van der Waals surface area contributed by atoms with Crippen LogP contribution in [-0.4, -0.2) is 83.7 Å². The van der Waals surface area contributed by atoms with Crippen LogP contribution in [0.25, 0.3) is 0 Å². The van der Waals surface area contributed by atoms with Gasteiger partial charge in [-0.1, -0.05) is 0 Å². The largest absolute Gasteiger partial charge is 0.481 e. The summed E-state index contributed by atoms with van der Waals surface area (Å²) in [7, 11) is 0. The maximum absolute atomic E-state index is 12.1. The molecular weight excluding hydrogens is 292 g/mol. The molecule has 2 aliphatic heterocycles. The first-order chi connectivity index (χ1) is 10.2. The van der Waals surface area contributed by atoms with Crippen molar-refractivity contribution in [1.29, 1.82) is 0 Å². The van der Waals surface area contributed by atoms with E-state index in [-0.39, 0.29) is 18.4 Å². The van der Waals surface area contributed by atoms with Crippen LogP contribution >= 0.6 is 11.8 Å². The molecule has 1 atom stereocenters. The van der Waals surface area contributed by atoms with Gasteiger partial charge in [0, 0.05) is 43.6 Å². The Balaban J connectivity index is 1.70. The number of carboxylic acids is 1. The number of thioether (sulfide) groups is 1. The summed E-state index contributed by atoms with van der Waals surface area (Å²) >= 11 is 1.82. The highest BCUT2D eigenvalue weighted by Crippen LogP contribution is 2.19. The van der Waals surface area contributed by atoms with E-state index < -0.39 is 5.97 Å². The van der Waals surface area contributed by atoms with E-state index in [0.29, 0.717) is 32.7 Å². The summed E-state index contributed by atoms with van der Waals surface area (Å²) in [4.78, 5) is 27.0. The van der Waals surface area contributed by atoms with E-state index >= 15 is 0 Å². The quantitative estimate of drug-likeness (QED) is 0.770. The summed E-state index contributed by atoms with van der Waals surface area (Å²) in [6, 6.07) is 0.111. The van der Waals surface area contributed by atoms with Crippen molar-refractivity contribution in [2.75, 3.05) is 50.9 Å². The first-order valence-corrected chi connectivity index (χ1v) is 8.71. The van der Waals surface area contributed by atoms with Crippen molar-refractivity contribution < 1.29 is 19.4 Å². The Hall–Kier alpha value is -0.790. The minimum Gasteiger partial charge on any atom is -0.481 e. The topological polar surface area (TPSA) is 70.1 Å². The molecule has 6 nitrogen and oxygen atoms in total. The number of hydrogen-bond acceptors (Lipinski definition) is 5. The van der Waals surface area contributed by atoms with Crippen molar-refractivity contribution in [3.8, 4) is 0 Å². The van der Waals surface area contributed by atoms with Crippen LogP contribution in [0.3, 0.4) is 0 Å². The molecule has 0 bridgehead atoms. The Bertz CT molecular complexity index is 361. The van der Waals surface area contributed by atoms with Crippen LogP contribution in [0.2, 0.25) is 0 Å². The number of nitrogens with zero attached hydrogens (tertiary/aromatic N) is 2. The first kappa shape index (κ1) is 16.6. The van der Waals surface area contributed by atoms with Crippen molar-refractivity contribution >= 4 is 23.6 Å². The number of morpholine rings is 1. The van der Waals surface area contributed by atoms with Gasteiger partial charge < -0.3 is 14.7 Å². The lowest BCUT2D eigenvalue weighted by atomic mass is 10.1. The molecule has 1 amide bonds. The monoisotopic (exact) mass is 316 g/mol. The Morgan fingerprint density at radius 3 is 2.71 bits per heavy atom. The SMILES string of the molecule is O=C(O)CC1CSCCN1CCCC(=O)N1CCOCC1. The summed E-state index contributed by atoms with van der Waals surface area (Å²) in [5, 5.41) is 8.96. The maximum atomic E-state index is 12.1. The zero-order valence-corrected chi connectivity index (χ0v) is 13.1. The second-order valence-corrected chi connectivity index (χ2v) is 6.61. The van der Waals surface area contributed by atoms with Crippen molar-refractivity contribution in [2.24, 2.45) is 0 Å². The number of carbonyl (C=O) groups is 2. The van der Waals surface area contributed by atoms with E-state index in [9.17, 15) is 9.59 Å². The van der Waals surface area contributed by atoms with Gasteiger partial charge in [-0.3, -0.25) is 14.5 Å². The van der Waals surface area contributed by atoms with E-state index in [0.717, 1.165) is 31.0 Å². The summed E-state index contributed by atoms with van der Waals surface area (Å²) < 4.78 is 5.24. The van der Waals surface area contributed by atoms with Crippen LogP contribution in [0, 0.1) is 0 Å². The molecule has 0 aromatic rings. The zero-order valence-electron chi connectivity index (χ0n) is 12.3. The van der Waals surface area contributed by atoms with Crippen LogP contribution in [0.15, 0.2) is 0 Å². The molecule has 1 unspecified atom stereocenters. The van der Waals surface area contributed by atoms with Gasteiger partial charge in [0.1, 0.15) is 0 Å². The van der Waals surface area contributed by atoms with E-state index in [1.165, 1.54) is 0 Å². The molecule has 21 heavy (non-hydrogen) atoms. The van der Waals surface area contributed by atoms with Gasteiger partial charge >= 0.3 is 5.97 Å². The average molecular weight is 316 g/mol. The van der Waals surface area contributed by atoms with Crippen molar-refractivity contribution in [3.05, 3.63) is 0 Å². The first-order valence-electron chi connectivity index (χ1n) is 7.56. The second kappa shape index (κ2) is 8.60. The van der Waals surface area contributed by atoms with Crippen molar-refractivity contribution in [1.82, 2.24) is 9.80 Å². The predicted molar refractivity (Wildman–Crippen MR) is 81.6 cm³/mol. The van der Waals surface area contributed by atoms with Gasteiger partial charge in [-0.05, 0) is 13.0 Å². The van der Waals surface area contributed by atoms with E-state index in [1.807, 2.05) is 16.7 Å². The van der Waals surface area contributed by atoms with Crippen LogP contribution < -0.4 is 0 Å². The third kappa shape index (κ3) is 5.48. The highest BCUT2D eigenvalue weighted by molar-refractivity contribution is 7.99. The van der Waals surface area contributed by atoms with Gasteiger partial charge in [-0.2, -0.15) is 11.8 Å². The van der Waals surface area contributed by atoms with Gasteiger partial charge in [0.05, 0.1) is 19.6 Å². The molecule has 2 rings (SSSR count). The normalized spacial score (nSPS) is 24.0. The average Bonchev–Trinajstić information content (AvgIpc) is 2.49. The molecule has 0 aromatic carbocycles. The highest BCUT2D eigenvalue weighted by atomic mass is 32.2. The third-order valence-electron chi connectivity index (χ3n) is 3.96. The molecule has 0 aromatic heterocycles. The summed E-state index contributed by atoms with van der Waals surface area (Å²) in [5.41, 5.74) is 0. The fourth-order valence-electron chi connectivity index (χ4n) is 2.78. The van der Waals surface area contributed by atoms with Crippen molar-refractivity contribution in [3.63, 3.8) is 0 Å². The molecule has 1 N–H and O–H groups in total. The molecule has 7 heteroatoms. The van der Waals surface area contributed by atoms with Gasteiger partial charge in [0.25, 0.3) is 0 Å². The molecule has 120 valence electrons. The zero-order chi connectivity index (χ0) is 15.1. The van der Waals surface area contributed by atoms with E-state index in [1.54, 1.807) is 0 Å². The predicted octanol–water partition coefficient (Wildman–Crippen LogP) is 0.518. The molecule has 2 heterocycles. The highest BCUT2D eigenvalue weighted by Gasteiger charge is 2.25. The molecule has 2 fully saturated rings. The summed E-state index contributed by atoms with van der Waals surface area (Å²) in [6.45, 7) is 4.40. The number of amides is 1. The van der Waals surface area contributed by atoms with Crippen LogP contribution in [0.1, 0.15) is 19.3 Å². The minimum absolute atomic E-state index is 0.111. The molecule has 0 aliphatic carbocycles. The summed E-state index contributed by atoms with van der Waals surface area (Å²) in [5.74, 6) is 1.38. The number of ether oxygens (including phenoxy) is 1. The lowest BCUT2D eigenvalue weighted by Gasteiger charge is -2.34. The Kier molecular flexibility index (Phi) is 6.79. The second-order valence-electron chi connectivity index (χ2n) is 5.46. The number of carboxylic acid groups (broad SMARTS) is 1. The van der Waals surface area contributed by atoms with Crippen LogP contribution in [0.5, 0.6) is 0 Å². The Morgan fingerprint density at radius 1 is 1.24 bits per heavy atom. The van der Waals surface area contributed by atoms with Gasteiger partial charge in [0.15, 0.2) is 0 Å². The van der Waals surface area contributed by atoms with Gasteiger partial charge in [0.2, 0.25) is 5.91 Å². The standard InChI is InChI=1S/C14H24N2O4S/c17-13(16-4-7-20-8-5-16)2-1-3-15-6-9-21-11-12(15)10-14(18)19/h12H,1-11H2,(H,18,19). The number of rotatable bonds is 6. The van der Waals surface area contributed by atoms with Crippen LogP contribution in [0.4, 0.5) is 0 Å². The van der Waals surface area contributed by atoms with Crippen molar-refractivity contribution in [2.45, 2.75) is 25.3 Å². The fraction of sp³-hybridized carbons (Fsp3) is 0.857. The van der Waals surface area contributed by atoms with E-state index in [4.69, 9.17) is 9.84 Å². The lowest BCUT2D eigenvalue weighted by molar-refractivity contribution is -0.138. The molecule has 2 aliphatic rings. The molecule has 2 saturated heterocycles. The Labute approximate surface area is 129 Å². The Morgan fingerprint density at radius 2 is 2.00 bits per heavy atom. The minimum atomic E-state index is -0.739. The number of carbonyl (C=O) groups excluding carboxylic acids is 1. The van der Waals surface area contributed by atoms with E-state index in [2.05, 4.69) is 4.90 Å². The van der Waals surface area contributed by atoms with Gasteiger partial charge in [-0.25, -0.2) is 0 Å². The smallest absolute Gasteiger partial charge is 0.304 e. The van der Waals surface area contributed by atoms with Crippen LogP contribution in [-0.2, 0) is 14.3 Å². The third-order valence-corrected chi connectivity index (χ3v) is 5.05. The lowest BCUT2D eigenvalue weighted by Crippen LogP contribution is -2.44. The summed E-state index contributed by atoms with van der Waals surface area (Å²) in [6.07, 6.45) is 1.55. The fourth-order valence-corrected chi connectivity index (χ4v) is 3.91.